The number of benzene rings is 1. The molecule has 0 atom stereocenters. The topological polar surface area (TPSA) is 63.4 Å². The van der Waals surface area contributed by atoms with Crippen molar-refractivity contribution in [3.05, 3.63) is 51.7 Å². The second-order valence-electron chi connectivity index (χ2n) is 5.86. The fourth-order valence-corrected chi connectivity index (χ4v) is 3.43. The highest BCUT2D eigenvalue weighted by atomic mass is 32.1. The van der Waals surface area contributed by atoms with Crippen LogP contribution in [-0.4, -0.2) is 23.3 Å². The SMILES string of the molecule is CC(C)(CN1C(=O)c2ccc(N)cc2C1=O)c1cccs1. The number of thiophene rings is 1. The van der Waals surface area contributed by atoms with Crippen LogP contribution in [0.1, 0.15) is 39.4 Å². The average molecular weight is 300 g/mol. The van der Waals surface area contributed by atoms with Crippen molar-refractivity contribution >= 4 is 28.8 Å². The lowest BCUT2D eigenvalue weighted by Crippen LogP contribution is -2.40. The molecule has 0 bridgehead atoms. The minimum atomic E-state index is -0.271. The molecule has 5 heteroatoms. The molecule has 0 unspecified atom stereocenters. The molecule has 1 aliphatic rings. The Hall–Kier alpha value is -2.14. The van der Waals surface area contributed by atoms with E-state index in [1.165, 1.54) is 4.90 Å². The summed E-state index contributed by atoms with van der Waals surface area (Å²) < 4.78 is 0. The van der Waals surface area contributed by atoms with Gasteiger partial charge in [-0.15, -0.1) is 11.3 Å². The number of amides is 2. The molecular formula is C16H16N2O2S. The van der Waals surface area contributed by atoms with Gasteiger partial charge in [0.05, 0.1) is 11.1 Å². The summed E-state index contributed by atoms with van der Waals surface area (Å²) in [5, 5.41) is 2.00. The number of hydrogen-bond acceptors (Lipinski definition) is 4. The maximum atomic E-state index is 12.5. The molecule has 21 heavy (non-hydrogen) atoms. The summed E-state index contributed by atoms with van der Waals surface area (Å²) in [6.45, 7) is 4.44. The van der Waals surface area contributed by atoms with Crippen molar-refractivity contribution in [2.45, 2.75) is 19.3 Å². The van der Waals surface area contributed by atoms with Crippen LogP contribution in [0, 0.1) is 0 Å². The van der Waals surface area contributed by atoms with Crippen LogP contribution in [0.4, 0.5) is 5.69 Å². The molecule has 4 nitrogen and oxygen atoms in total. The van der Waals surface area contributed by atoms with Gasteiger partial charge in [0.2, 0.25) is 0 Å². The van der Waals surface area contributed by atoms with Crippen LogP contribution in [0.5, 0.6) is 0 Å². The number of nitrogen functional groups attached to an aromatic ring is 1. The van der Waals surface area contributed by atoms with E-state index >= 15 is 0 Å². The first-order valence-electron chi connectivity index (χ1n) is 6.70. The maximum Gasteiger partial charge on any atom is 0.261 e. The first-order chi connectivity index (χ1) is 9.90. The Labute approximate surface area is 127 Å². The first-order valence-corrected chi connectivity index (χ1v) is 7.58. The predicted octanol–water partition coefficient (Wildman–Crippen LogP) is 2.90. The lowest BCUT2D eigenvalue weighted by Gasteiger charge is -2.28. The fourth-order valence-electron chi connectivity index (χ4n) is 2.59. The van der Waals surface area contributed by atoms with E-state index in [4.69, 9.17) is 5.73 Å². The normalized spacial score (nSPS) is 14.7. The molecule has 1 aromatic heterocycles. The lowest BCUT2D eigenvalue weighted by atomic mass is 9.91. The molecule has 3 rings (SSSR count). The first kappa shape index (κ1) is 13.8. The van der Waals surface area contributed by atoms with E-state index in [9.17, 15) is 9.59 Å². The molecule has 108 valence electrons. The monoisotopic (exact) mass is 300 g/mol. The highest BCUT2D eigenvalue weighted by Gasteiger charge is 2.39. The van der Waals surface area contributed by atoms with E-state index in [2.05, 4.69) is 0 Å². The molecule has 0 aliphatic carbocycles. The van der Waals surface area contributed by atoms with Gasteiger partial charge in [0, 0.05) is 22.5 Å². The summed E-state index contributed by atoms with van der Waals surface area (Å²) in [4.78, 5) is 27.4. The lowest BCUT2D eigenvalue weighted by molar-refractivity contribution is 0.0624. The van der Waals surface area contributed by atoms with E-state index in [0.29, 0.717) is 23.4 Å². The quantitative estimate of drug-likeness (QED) is 0.700. The second kappa shape index (κ2) is 4.70. The van der Waals surface area contributed by atoms with Gasteiger partial charge in [0.1, 0.15) is 0 Å². The Balaban J connectivity index is 1.92. The third-order valence-corrected chi connectivity index (χ3v) is 4.97. The molecule has 2 aromatic rings. The molecule has 0 radical (unpaired) electrons. The van der Waals surface area contributed by atoms with Crippen LogP contribution < -0.4 is 5.73 Å². The third kappa shape index (κ3) is 2.23. The molecule has 1 aromatic carbocycles. The molecular weight excluding hydrogens is 284 g/mol. The van der Waals surface area contributed by atoms with Gasteiger partial charge in [0.15, 0.2) is 0 Å². The Morgan fingerprint density at radius 3 is 2.52 bits per heavy atom. The van der Waals surface area contributed by atoms with Gasteiger partial charge >= 0.3 is 0 Å². The van der Waals surface area contributed by atoms with Crippen LogP contribution in [0.3, 0.4) is 0 Å². The van der Waals surface area contributed by atoms with Gasteiger partial charge in [0.25, 0.3) is 11.8 Å². The van der Waals surface area contributed by atoms with E-state index in [-0.39, 0.29) is 17.2 Å². The van der Waals surface area contributed by atoms with Crippen molar-refractivity contribution in [2.24, 2.45) is 0 Å². The van der Waals surface area contributed by atoms with Gasteiger partial charge in [-0.25, -0.2) is 0 Å². The van der Waals surface area contributed by atoms with Gasteiger partial charge in [-0.1, -0.05) is 19.9 Å². The van der Waals surface area contributed by atoms with Crippen molar-refractivity contribution < 1.29 is 9.59 Å². The Kier molecular flexibility index (Phi) is 3.10. The standard InChI is InChI=1S/C16H16N2O2S/c1-16(2,13-4-3-7-21-13)9-18-14(19)11-6-5-10(17)8-12(11)15(18)20/h3-8H,9,17H2,1-2H3. The van der Waals surface area contributed by atoms with E-state index in [0.717, 1.165) is 4.88 Å². The number of nitrogens with zero attached hydrogens (tertiary/aromatic N) is 1. The van der Waals surface area contributed by atoms with Crippen LogP contribution >= 0.6 is 11.3 Å². The summed E-state index contributed by atoms with van der Waals surface area (Å²) in [6, 6.07) is 8.86. The van der Waals surface area contributed by atoms with Crippen molar-refractivity contribution in [1.82, 2.24) is 4.90 Å². The number of hydrogen-bond donors (Lipinski definition) is 1. The van der Waals surface area contributed by atoms with Gasteiger partial charge in [-0.2, -0.15) is 0 Å². The highest BCUT2D eigenvalue weighted by molar-refractivity contribution is 7.10. The Morgan fingerprint density at radius 1 is 1.14 bits per heavy atom. The zero-order chi connectivity index (χ0) is 15.2. The summed E-state index contributed by atoms with van der Waals surface area (Å²) in [5.74, 6) is -0.494. The van der Waals surface area contributed by atoms with Crippen molar-refractivity contribution in [2.75, 3.05) is 12.3 Å². The smallest absolute Gasteiger partial charge is 0.261 e. The van der Waals surface area contributed by atoms with Crippen LogP contribution in [0.2, 0.25) is 0 Å². The van der Waals surface area contributed by atoms with E-state index in [1.54, 1.807) is 29.5 Å². The Bertz CT molecular complexity index is 720. The molecule has 2 amide bonds. The Morgan fingerprint density at radius 2 is 1.86 bits per heavy atom. The van der Waals surface area contributed by atoms with Crippen LogP contribution in [0.25, 0.3) is 0 Å². The number of nitrogens with two attached hydrogens (primary N) is 1. The summed E-state index contributed by atoms with van der Waals surface area (Å²) in [7, 11) is 0. The van der Waals surface area contributed by atoms with Gasteiger partial charge < -0.3 is 5.73 Å². The molecule has 0 saturated heterocycles. The van der Waals surface area contributed by atoms with Crippen molar-refractivity contribution in [3.63, 3.8) is 0 Å². The number of fused-ring (bicyclic) bond motifs is 1. The van der Waals surface area contributed by atoms with Crippen molar-refractivity contribution in [3.8, 4) is 0 Å². The number of imide groups is 1. The zero-order valence-corrected chi connectivity index (χ0v) is 12.7. The summed E-state index contributed by atoms with van der Waals surface area (Å²) in [6.07, 6.45) is 0. The largest absolute Gasteiger partial charge is 0.399 e. The molecule has 2 heterocycles. The number of rotatable bonds is 3. The average Bonchev–Trinajstić information content (AvgIpc) is 3.04. The predicted molar refractivity (Wildman–Crippen MR) is 83.6 cm³/mol. The number of carbonyl (C=O) groups is 2. The number of anilines is 1. The maximum absolute atomic E-state index is 12.5. The van der Waals surface area contributed by atoms with Crippen molar-refractivity contribution in [1.29, 1.82) is 0 Å². The molecule has 1 aliphatic heterocycles. The molecule has 0 spiro atoms. The highest BCUT2D eigenvalue weighted by Crippen LogP contribution is 2.32. The fraction of sp³-hybridized carbons (Fsp3) is 0.250. The second-order valence-corrected chi connectivity index (χ2v) is 6.81. The summed E-state index contributed by atoms with van der Waals surface area (Å²) in [5.41, 5.74) is 6.78. The van der Waals surface area contributed by atoms with E-state index in [1.807, 2.05) is 31.4 Å². The minimum absolute atomic E-state index is 0.236. The zero-order valence-electron chi connectivity index (χ0n) is 11.9. The molecule has 0 fully saturated rings. The van der Waals surface area contributed by atoms with E-state index < -0.39 is 0 Å². The molecule has 0 saturated carbocycles. The summed E-state index contributed by atoms with van der Waals surface area (Å²) >= 11 is 1.63. The minimum Gasteiger partial charge on any atom is -0.399 e. The van der Waals surface area contributed by atoms with Crippen LogP contribution in [-0.2, 0) is 5.41 Å². The van der Waals surface area contributed by atoms with Gasteiger partial charge in [-0.3, -0.25) is 14.5 Å². The van der Waals surface area contributed by atoms with Gasteiger partial charge in [-0.05, 0) is 29.6 Å². The van der Waals surface area contributed by atoms with Crippen LogP contribution in [0.15, 0.2) is 35.7 Å². The number of carbonyl (C=O) groups excluding carboxylic acids is 2. The molecule has 2 N–H and O–H groups in total. The third-order valence-electron chi connectivity index (χ3n) is 3.74.